The van der Waals surface area contributed by atoms with Crippen molar-refractivity contribution in [2.24, 2.45) is 23.2 Å². The van der Waals surface area contributed by atoms with Gasteiger partial charge in [0.2, 0.25) is 0 Å². The molecule has 0 amide bonds. The van der Waals surface area contributed by atoms with E-state index >= 15 is 0 Å². The number of hydrogen-bond acceptors (Lipinski definition) is 5. The van der Waals surface area contributed by atoms with Crippen LogP contribution in [0.5, 0.6) is 0 Å². The van der Waals surface area contributed by atoms with Gasteiger partial charge in [-0.2, -0.15) is 0 Å². The van der Waals surface area contributed by atoms with Gasteiger partial charge in [0.1, 0.15) is 5.82 Å². The molecule has 0 radical (unpaired) electrons. The van der Waals surface area contributed by atoms with E-state index in [1.165, 1.54) is 64.2 Å². The van der Waals surface area contributed by atoms with Crippen LogP contribution >= 0.6 is 22.9 Å². The summed E-state index contributed by atoms with van der Waals surface area (Å²) in [5.74, 6) is 3.40. The molecule has 0 bridgehead atoms. The Kier molecular flexibility index (Phi) is 6.43. The molecule has 4 nitrogen and oxygen atoms in total. The van der Waals surface area contributed by atoms with E-state index in [0.29, 0.717) is 10.4 Å². The molecule has 1 atom stereocenters. The molecule has 1 spiro atoms. The first-order valence-corrected chi connectivity index (χ1v) is 13.4. The summed E-state index contributed by atoms with van der Waals surface area (Å²) < 4.78 is 0. The molecule has 0 saturated heterocycles. The fraction of sp³-hybridized carbons (Fsp3) is 0.680. The lowest BCUT2D eigenvalue weighted by Gasteiger charge is -2.44. The summed E-state index contributed by atoms with van der Waals surface area (Å²) in [5, 5.41) is 10.9. The Morgan fingerprint density at radius 3 is 2.68 bits per heavy atom. The molecule has 0 aromatic carbocycles. The van der Waals surface area contributed by atoms with Gasteiger partial charge in [0, 0.05) is 30.2 Å². The second-order valence-corrected chi connectivity index (χ2v) is 11.7. The molecule has 6 heteroatoms. The molecule has 3 fully saturated rings. The molecule has 5 rings (SSSR count). The fourth-order valence-corrected chi connectivity index (χ4v) is 7.29. The molecule has 31 heavy (non-hydrogen) atoms. The third kappa shape index (κ3) is 5.03. The average molecular weight is 459 g/mol. The summed E-state index contributed by atoms with van der Waals surface area (Å²) in [6.07, 6.45) is 15.6. The number of hydrogen-bond donors (Lipinski definition) is 2. The maximum atomic E-state index is 6.49. The van der Waals surface area contributed by atoms with Gasteiger partial charge in [0.05, 0.1) is 10.7 Å². The summed E-state index contributed by atoms with van der Waals surface area (Å²) in [4.78, 5) is 9.34. The Labute approximate surface area is 195 Å². The number of rotatable bonds is 7. The van der Waals surface area contributed by atoms with E-state index in [9.17, 15) is 0 Å². The average Bonchev–Trinajstić information content (AvgIpc) is 3.40. The number of thiazole rings is 1. The number of nitrogens with one attached hydrogen (secondary N) is 2. The largest absolute Gasteiger partial charge is 0.370 e. The summed E-state index contributed by atoms with van der Waals surface area (Å²) in [6, 6.07) is 2.06. The summed E-state index contributed by atoms with van der Waals surface area (Å²) in [7, 11) is 0. The zero-order chi connectivity index (χ0) is 21.3. The molecule has 3 aliphatic rings. The van der Waals surface area contributed by atoms with Gasteiger partial charge in [-0.15, -0.1) is 11.3 Å². The normalized spacial score (nSPS) is 28.6. The van der Waals surface area contributed by atoms with E-state index in [-0.39, 0.29) is 0 Å². The third-order valence-corrected chi connectivity index (χ3v) is 8.94. The van der Waals surface area contributed by atoms with Crippen molar-refractivity contribution >= 4 is 33.9 Å². The van der Waals surface area contributed by atoms with Gasteiger partial charge in [-0.05, 0) is 74.2 Å². The topological polar surface area (TPSA) is 49.8 Å². The van der Waals surface area contributed by atoms with E-state index in [1.54, 1.807) is 17.5 Å². The zero-order valence-corrected chi connectivity index (χ0v) is 20.2. The molecular weight excluding hydrogens is 424 g/mol. The number of halogens is 1. The number of aromatic nitrogens is 2. The van der Waals surface area contributed by atoms with Crippen LogP contribution in [0.1, 0.15) is 71.1 Å². The first kappa shape index (κ1) is 21.5. The highest BCUT2D eigenvalue weighted by Crippen LogP contribution is 2.57. The molecule has 2 heterocycles. The van der Waals surface area contributed by atoms with Gasteiger partial charge in [-0.25, -0.2) is 9.97 Å². The van der Waals surface area contributed by atoms with E-state index in [2.05, 4.69) is 34.0 Å². The number of anilines is 2. The van der Waals surface area contributed by atoms with Gasteiger partial charge in [-0.1, -0.05) is 37.8 Å². The highest BCUT2D eigenvalue weighted by atomic mass is 35.5. The lowest BCUT2D eigenvalue weighted by Crippen LogP contribution is -2.33. The predicted octanol–water partition coefficient (Wildman–Crippen LogP) is 7.48. The molecule has 2 N–H and O–H groups in total. The standard InChI is InChI=1S/C25H35ClN4S/c1-17-10-25(11-17)8-7-19(12-25)14-29-24-30-22(16-31-24)20-9-23(28-15-21(20)26)27-13-18-5-3-2-4-6-18/h9,15-19H,2-8,10-14H2,1H3,(H,27,28)(H,29,30). The first-order chi connectivity index (χ1) is 15.1. The Bertz CT molecular complexity index is 885. The van der Waals surface area contributed by atoms with Crippen molar-refractivity contribution in [3.63, 3.8) is 0 Å². The minimum Gasteiger partial charge on any atom is -0.370 e. The van der Waals surface area contributed by atoms with Crippen LogP contribution in [0.3, 0.4) is 0 Å². The van der Waals surface area contributed by atoms with Gasteiger partial charge in [0.25, 0.3) is 0 Å². The second kappa shape index (κ2) is 9.27. The van der Waals surface area contributed by atoms with Crippen molar-refractivity contribution in [3.05, 3.63) is 22.7 Å². The summed E-state index contributed by atoms with van der Waals surface area (Å²) in [5.41, 5.74) is 2.59. The predicted molar refractivity (Wildman–Crippen MR) is 132 cm³/mol. The second-order valence-electron chi connectivity index (χ2n) is 10.5. The Morgan fingerprint density at radius 1 is 1.06 bits per heavy atom. The van der Waals surface area contributed by atoms with Crippen LogP contribution in [0.2, 0.25) is 5.02 Å². The maximum absolute atomic E-state index is 6.49. The quantitative estimate of drug-likeness (QED) is 0.451. The van der Waals surface area contributed by atoms with E-state index in [0.717, 1.165) is 53.1 Å². The zero-order valence-electron chi connectivity index (χ0n) is 18.6. The minimum absolute atomic E-state index is 0.664. The molecule has 2 aromatic heterocycles. The van der Waals surface area contributed by atoms with Crippen LogP contribution in [0.25, 0.3) is 11.3 Å². The maximum Gasteiger partial charge on any atom is 0.183 e. The summed E-state index contributed by atoms with van der Waals surface area (Å²) in [6.45, 7) is 4.44. The third-order valence-electron chi connectivity index (χ3n) is 7.84. The molecular formula is C25H35ClN4S. The smallest absolute Gasteiger partial charge is 0.183 e. The van der Waals surface area contributed by atoms with Crippen molar-refractivity contribution in [3.8, 4) is 11.3 Å². The van der Waals surface area contributed by atoms with Crippen LogP contribution in [-0.4, -0.2) is 23.1 Å². The Balaban J connectivity index is 1.17. The van der Waals surface area contributed by atoms with Crippen LogP contribution in [0.15, 0.2) is 17.6 Å². The first-order valence-electron chi connectivity index (χ1n) is 12.2. The number of nitrogens with zero attached hydrogens (tertiary/aromatic N) is 2. The molecule has 0 aliphatic heterocycles. The van der Waals surface area contributed by atoms with E-state index in [4.69, 9.17) is 16.6 Å². The van der Waals surface area contributed by atoms with Crippen LogP contribution in [0.4, 0.5) is 10.9 Å². The van der Waals surface area contributed by atoms with Crippen molar-refractivity contribution in [1.29, 1.82) is 0 Å². The Hall–Kier alpha value is -1.33. The molecule has 1 unspecified atom stereocenters. The van der Waals surface area contributed by atoms with E-state index < -0.39 is 0 Å². The molecule has 3 saturated carbocycles. The van der Waals surface area contributed by atoms with Crippen LogP contribution in [0, 0.1) is 23.2 Å². The highest BCUT2D eigenvalue weighted by Gasteiger charge is 2.46. The Morgan fingerprint density at radius 2 is 1.87 bits per heavy atom. The van der Waals surface area contributed by atoms with Crippen molar-refractivity contribution < 1.29 is 0 Å². The van der Waals surface area contributed by atoms with Crippen molar-refractivity contribution in [1.82, 2.24) is 9.97 Å². The minimum atomic E-state index is 0.664. The summed E-state index contributed by atoms with van der Waals surface area (Å²) >= 11 is 8.17. The molecule has 2 aromatic rings. The molecule has 168 valence electrons. The lowest BCUT2D eigenvalue weighted by molar-refractivity contribution is 0.0700. The van der Waals surface area contributed by atoms with Gasteiger partial charge >= 0.3 is 0 Å². The van der Waals surface area contributed by atoms with Gasteiger partial charge in [0.15, 0.2) is 5.13 Å². The van der Waals surface area contributed by atoms with Crippen molar-refractivity contribution in [2.45, 2.75) is 71.1 Å². The SMILES string of the molecule is CC1CC2(CCC(CNc3nc(-c4cc(NCC5CCCCC5)ncc4Cl)cs3)C2)C1. The van der Waals surface area contributed by atoms with Crippen molar-refractivity contribution in [2.75, 3.05) is 23.7 Å². The fourth-order valence-electron chi connectivity index (χ4n) is 6.37. The van der Waals surface area contributed by atoms with Crippen LogP contribution in [-0.2, 0) is 0 Å². The monoisotopic (exact) mass is 458 g/mol. The van der Waals surface area contributed by atoms with Gasteiger partial charge < -0.3 is 10.6 Å². The van der Waals surface area contributed by atoms with Crippen LogP contribution < -0.4 is 10.6 Å². The molecule has 3 aliphatic carbocycles. The van der Waals surface area contributed by atoms with E-state index in [1.807, 2.05) is 0 Å². The highest BCUT2D eigenvalue weighted by molar-refractivity contribution is 7.14. The number of pyridine rings is 1. The van der Waals surface area contributed by atoms with Gasteiger partial charge in [-0.3, -0.25) is 0 Å². The lowest BCUT2D eigenvalue weighted by atomic mass is 9.61.